The van der Waals surface area contributed by atoms with E-state index in [2.05, 4.69) is 0 Å². The molecule has 0 aliphatic carbocycles. The van der Waals surface area contributed by atoms with Crippen LogP contribution in [0.3, 0.4) is 0 Å². The molecule has 14 heavy (non-hydrogen) atoms. The normalized spacial score (nSPS) is 14.4. The van der Waals surface area contributed by atoms with E-state index in [0.29, 0.717) is 10.6 Å². The van der Waals surface area contributed by atoms with Crippen molar-refractivity contribution in [1.82, 2.24) is 0 Å². The Morgan fingerprint density at radius 1 is 1.57 bits per heavy atom. The third-order valence-electron chi connectivity index (χ3n) is 1.88. The summed E-state index contributed by atoms with van der Waals surface area (Å²) in [7, 11) is -1.33. The summed E-state index contributed by atoms with van der Waals surface area (Å²) in [5.41, 5.74) is 7.22. The first-order valence-electron chi connectivity index (χ1n) is 4.22. The maximum atomic E-state index is 11.7. The molecular formula is C10H12N2OS. The molecule has 0 aliphatic heterocycles. The van der Waals surface area contributed by atoms with Gasteiger partial charge < -0.3 is 5.73 Å². The third kappa shape index (κ3) is 2.12. The van der Waals surface area contributed by atoms with Gasteiger partial charge in [0.05, 0.1) is 21.8 Å². The fraction of sp³-hybridized carbons (Fsp3) is 0.300. The number of anilines is 1. The van der Waals surface area contributed by atoms with Gasteiger partial charge in [0.2, 0.25) is 0 Å². The van der Waals surface area contributed by atoms with Crippen molar-refractivity contribution >= 4 is 16.5 Å². The van der Waals surface area contributed by atoms with Gasteiger partial charge in [0.1, 0.15) is 5.25 Å². The first-order valence-corrected chi connectivity index (χ1v) is 5.44. The van der Waals surface area contributed by atoms with E-state index >= 15 is 0 Å². The number of nitrogen functional groups attached to an aromatic ring is 1. The second kappa shape index (κ2) is 4.25. The van der Waals surface area contributed by atoms with Crippen molar-refractivity contribution in [3.05, 3.63) is 23.8 Å². The van der Waals surface area contributed by atoms with Crippen LogP contribution in [0.15, 0.2) is 23.1 Å². The number of aryl methyl sites for hydroxylation is 1. The highest BCUT2D eigenvalue weighted by Crippen LogP contribution is 2.20. The average molecular weight is 208 g/mol. The summed E-state index contributed by atoms with van der Waals surface area (Å²) < 4.78 is 11.7. The molecule has 0 bridgehead atoms. The Morgan fingerprint density at radius 3 is 2.71 bits per heavy atom. The number of nitriles is 1. The van der Waals surface area contributed by atoms with Crippen LogP contribution in [-0.4, -0.2) is 9.46 Å². The summed E-state index contributed by atoms with van der Waals surface area (Å²) in [6.07, 6.45) is 0. The molecule has 0 spiro atoms. The van der Waals surface area contributed by atoms with Crippen LogP contribution in [0.4, 0.5) is 5.69 Å². The van der Waals surface area contributed by atoms with Crippen molar-refractivity contribution in [1.29, 1.82) is 5.26 Å². The van der Waals surface area contributed by atoms with Crippen molar-refractivity contribution in [2.75, 3.05) is 5.73 Å². The highest BCUT2D eigenvalue weighted by atomic mass is 32.2. The monoisotopic (exact) mass is 208 g/mol. The predicted octanol–water partition coefficient (Wildman–Crippen LogP) is 1.60. The lowest BCUT2D eigenvalue weighted by atomic mass is 10.2. The Balaban J connectivity index is 3.09. The van der Waals surface area contributed by atoms with Gasteiger partial charge in [0, 0.05) is 5.69 Å². The Hall–Kier alpha value is -1.34. The highest BCUT2D eigenvalue weighted by Gasteiger charge is 2.14. The summed E-state index contributed by atoms with van der Waals surface area (Å²) >= 11 is 0. The minimum absolute atomic E-state index is 0.491. The minimum Gasteiger partial charge on any atom is -0.398 e. The number of rotatable bonds is 2. The molecule has 1 rings (SSSR count). The van der Waals surface area contributed by atoms with E-state index in [-0.39, 0.29) is 0 Å². The van der Waals surface area contributed by atoms with Gasteiger partial charge in [-0.1, -0.05) is 6.07 Å². The summed E-state index contributed by atoms with van der Waals surface area (Å²) in [5, 5.41) is 8.10. The van der Waals surface area contributed by atoms with E-state index in [1.165, 1.54) is 0 Å². The molecule has 2 N–H and O–H groups in total. The summed E-state index contributed by atoms with van der Waals surface area (Å²) in [5.74, 6) is 0. The molecule has 0 saturated carbocycles. The summed E-state index contributed by atoms with van der Waals surface area (Å²) in [6.45, 7) is 3.53. The van der Waals surface area contributed by atoms with Crippen molar-refractivity contribution in [3.8, 4) is 6.07 Å². The third-order valence-corrected chi connectivity index (χ3v) is 3.44. The molecule has 0 radical (unpaired) electrons. The lowest BCUT2D eigenvalue weighted by molar-refractivity contribution is 0.680. The molecule has 2 atom stereocenters. The van der Waals surface area contributed by atoms with E-state index in [1.807, 2.05) is 19.1 Å². The highest BCUT2D eigenvalue weighted by molar-refractivity contribution is 7.86. The maximum absolute atomic E-state index is 11.7. The molecular weight excluding hydrogens is 196 g/mol. The van der Waals surface area contributed by atoms with E-state index in [9.17, 15) is 4.21 Å². The zero-order valence-corrected chi connectivity index (χ0v) is 8.97. The van der Waals surface area contributed by atoms with Gasteiger partial charge in [-0.3, -0.25) is 4.21 Å². The fourth-order valence-corrected chi connectivity index (χ4v) is 2.06. The Bertz CT molecular complexity index is 409. The zero-order valence-electron chi connectivity index (χ0n) is 8.15. The van der Waals surface area contributed by atoms with Crippen LogP contribution in [-0.2, 0) is 10.8 Å². The second-order valence-electron chi connectivity index (χ2n) is 3.11. The van der Waals surface area contributed by atoms with Gasteiger partial charge in [-0.2, -0.15) is 5.26 Å². The van der Waals surface area contributed by atoms with E-state index in [0.717, 1.165) is 5.56 Å². The number of hydrogen-bond acceptors (Lipinski definition) is 3. The number of nitrogens with two attached hydrogens (primary N) is 1. The van der Waals surface area contributed by atoms with Crippen LogP contribution in [0.2, 0.25) is 0 Å². The van der Waals surface area contributed by atoms with Gasteiger partial charge in [0.25, 0.3) is 0 Å². The molecule has 0 fully saturated rings. The summed E-state index contributed by atoms with van der Waals surface area (Å²) in [4.78, 5) is 0.546. The molecule has 4 heteroatoms. The number of benzene rings is 1. The molecule has 0 heterocycles. The van der Waals surface area contributed by atoms with Crippen LogP contribution < -0.4 is 5.73 Å². The molecule has 0 amide bonds. The topological polar surface area (TPSA) is 66.9 Å². The fourth-order valence-electron chi connectivity index (χ4n) is 1.09. The number of hydrogen-bond donors (Lipinski definition) is 1. The zero-order chi connectivity index (χ0) is 10.7. The molecule has 0 aliphatic rings. The quantitative estimate of drug-likeness (QED) is 0.750. The molecule has 1 aromatic carbocycles. The van der Waals surface area contributed by atoms with Crippen molar-refractivity contribution in [2.45, 2.75) is 24.0 Å². The van der Waals surface area contributed by atoms with Crippen LogP contribution in [0.5, 0.6) is 0 Å². The summed E-state index contributed by atoms with van der Waals surface area (Å²) in [6, 6.07) is 7.27. The van der Waals surface area contributed by atoms with E-state index in [1.54, 1.807) is 19.1 Å². The van der Waals surface area contributed by atoms with Crippen LogP contribution in [0, 0.1) is 18.3 Å². The Kier molecular flexibility index (Phi) is 3.26. The standard InChI is InChI=1S/C10H12N2OS/c1-7-3-4-10(9(12)5-7)14(13)8(2)6-11/h3-5,8H,12H2,1-2H3. The predicted molar refractivity (Wildman–Crippen MR) is 57.1 cm³/mol. The smallest absolute Gasteiger partial charge is 0.123 e. The van der Waals surface area contributed by atoms with Gasteiger partial charge in [-0.25, -0.2) is 0 Å². The van der Waals surface area contributed by atoms with Crippen molar-refractivity contribution < 1.29 is 4.21 Å². The van der Waals surface area contributed by atoms with Crippen LogP contribution >= 0.6 is 0 Å². The molecule has 2 unspecified atom stereocenters. The number of nitrogens with zero attached hydrogens (tertiary/aromatic N) is 1. The molecule has 3 nitrogen and oxygen atoms in total. The van der Waals surface area contributed by atoms with Gasteiger partial charge >= 0.3 is 0 Å². The lowest BCUT2D eigenvalue weighted by Crippen LogP contribution is -2.10. The van der Waals surface area contributed by atoms with E-state index < -0.39 is 16.0 Å². The van der Waals surface area contributed by atoms with Crippen molar-refractivity contribution in [2.24, 2.45) is 0 Å². The minimum atomic E-state index is -1.33. The molecule has 1 aromatic rings. The van der Waals surface area contributed by atoms with Gasteiger partial charge in [-0.15, -0.1) is 0 Å². The first-order chi connectivity index (χ1) is 6.56. The van der Waals surface area contributed by atoms with Gasteiger partial charge in [0.15, 0.2) is 0 Å². The lowest BCUT2D eigenvalue weighted by Gasteiger charge is -2.07. The van der Waals surface area contributed by atoms with Crippen LogP contribution in [0.1, 0.15) is 12.5 Å². The molecule has 74 valence electrons. The average Bonchev–Trinajstić information content (AvgIpc) is 2.15. The Labute approximate surface area is 86.0 Å². The van der Waals surface area contributed by atoms with Crippen LogP contribution in [0.25, 0.3) is 0 Å². The Morgan fingerprint density at radius 2 is 2.21 bits per heavy atom. The largest absolute Gasteiger partial charge is 0.398 e. The van der Waals surface area contributed by atoms with Crippen molar-refractivity contribution in [3.63, 3.8) is 0 Å². The molecule has 0 aromatic heterocycles. The maximum Gasteiger partial charge on any atom is 0.123 e. The van der Waals surface area contributed by atoms with Gasteiger partial charge in [-0.05, 0) is 31.5 Å². The SMILES string of the molecule is Cc1ccc(S(=O)C(C)C#N)c(N)c1. The molecule has 0 saturated heterocycles. The van der Waals surface area contributed by atoms with E-state index in [4.69, 9.17) is 11.0 Å². The second-order valence-corrected chi connectivity index (χ2v) is 4.85. The first kappa shape index (κ1) is 10.7.